The molecule has 3 heterocycles. The van der Waals surface area contributed by atoms with Crippen LogP contribution in [0, 0.1) is 35.7 Å². The summed E-state index contributed by atoms with van der Waals surface area (Å²) in [6, 6.07) is 4.54. The van der Waals surface area contributed by atoms with E-state index in [1.165, 1.54) is 16.2 Å². The number of nitrogens with one attached hydrogen (secondary N) is 3. The third-order valence-corrected chi connectivity index (χ3v) is 14.5. The van der Waals surface area contributed by atoms with E-state index in [0.717, 1.165) is 28.8 Å². The number of pyridine rings is 1. The molecule has 0 radical (unpaired) electrons. The molecule has 0 spiro atoms. The lowest BCUT2D eigenvalue weighted by Gasteiger charge is -2.36. The van der Waals surface area contributed by atoms with E-state index < -0.39 is 79.6 Å². The van der Waals surface area contributed by atoms with Crippen LogP contribution in [-0.4, -0.2) is 83.6 Å². The van der Waals surface area contributed by atoms with Crippen LogP contribution in [0.4, 0.5) is 18.9 Å². The van der Waals surface area contributed by atoms with Crippen LogP contribution < -0.4 is 24.8 Å². The number of carbonyl (C=O) groups excluding carboxylic acids is 3. The summed E-state index contributed by atoms with van der Waals surface area (Å²) in [4.78, 5) is 54.2. The lowest BCUT2D eigenvalue weighted by Crippen LogP contribution is -2.58. The van der Waals surface area contributed by atoms with Crippen LogP contribution in [0.5, 0.6) is 11.6 Å². The molecule has 7 rings (SSSR count). The number of methoxy groups -OCH3 is 1. The minimum absolute atomic E-state index is 0.0691. The van der Waals surface area contributed by atoms with Gasteiger partial charge < -0.3 is 25.0 Å². The van der Waals surface area contributed by atoms with E-state index in [9.17, 15) is 36.0 Å². The average Bonchev–Trinajstić information content (AvgIpc) is 4.08. The molecule has 2 aromatic carbocycles. The second-order valence-electron chi connectivity index (χ2n) is 17.7. The molecular weight excluding hydrogens is 834 g/mol. The Balaban J connectivity index is 1.26. The highest BCUT2D eigenvalue weighted by Crippen LogP contribution is 2.47. The Labute approximate surface area is 357 Å². The number of anilines is 1. The molecule has 1 aliphatic heterocycles. The number of hydrogen-bond acceptors (Lipinski definition) is 11. The van der Waals surface area contributed by atoms with Crippen molar-refractivity contribution in [2.24, 2.45) is 11.3 Å². The number of likely N-dealkylation sites (tertiary alicyclic amines) is 1. The summed E-state index contributed by atoms with van der Waals surface area (Å²) in [6.45, 7) is 12.8. The lowest BCUT2D eigenvalue weighted by atomic mass is 9.85. The molecule has 1 saturated heterocycles. The number of fused-ring (bicyclic) bond motifs is 1. The van der Waals surface area contributed by atoms with Crippen molar-refractivity contribution >= 4 is 55.5 Å². The van der Waals surface area contributed by atoms with Crippen molar-refractivity contribution < 1.29 is 45.4 Å². The van der Waals surface area contributed by atoms with Gasteiger partial charge in [-0.25, -0.2) is 31.6 Å². The van der Waals surface area contributed by atoms with E-state index in [1.807, 2.05) is 45.2 Å². The molecule has 18 heteroatoms. The summed E-state index contributed by atoms with van der Waals surface area (Å²) in [5.74, 6) is -6.09. The van der Waals surface area contributed by atoms with Crippen LogP contribution in [0.1, 0.15) is 90.8 Å². The van der Waals surface area contributed by atoms with Gasteiger partial charge in [0.05, 0.1) is 24.6 Å². The molecule has 0 unspecified atom stereocenters. The molecule has 3 fully saturated rings. The summed E-state index contributed by atoms with van der Waals surface area (Å²) in [6.07, 6.45) is 0.606. The van der Waals surface area contributed by atoms with E-state index in [-0.39, 0.29) is 42.8 Å². The smallest absolute Gasteiger partial charge is 0.259 e. The number of thiazole rings is 1. The van der Waals surface area contributed by atoms with Crippen LogP contribution in [-0.2, 0) is 24.4 Å². The van der Waals surface area contributed by atoms with Crippen molar-refractivity contribution in [2.45, 2.75) is 115 Å². The third kappa shape index (κ3) is 8.74. The van der Waals surface area contributed by atoms with E-state index in [0.29, 0.717) is 41.1 Å². The molecule has 3 aliphatic rings. The van der Waals surface area contributed by atoms with Gasteiger partial charge in [-0.05, 0) is 72.6 Å². The normalized spacial score (nSPS) is 22.0. The molecular formula is C43H51F3N6O7S2. The second kappa shape index (κ2) is 16.4. The fourth-order valence-corrected chi connectivity index (χ4v) is 10.3. The van der Waals surface area contributed by atoms with Crippen molar-refractivity contribution in [3.63, 3.8) is 0 Å². The summed E-state index contributed by atoms with van der Waals surface area (Å²) in [7, 11) is -2.37. The highest BCUT2D eigenvalue weighted by molar-refractivity contribution is 7.91. The zero-order valence-electron chi connectivity index (χ0n) is 35.3. The van der Waals surface area contributed by atoms with Crippen molar-refractivity contribution in [3.05, 3.63) is 64.4 Å². The standard InChI is InChI=1S/C43H51F3N6O7S2/c1-9-23-18-43(23,41(55)51-61(56,57)26-10-11-26)50-37(53)33-16-25(19-52(33)40(54)36(42(5,6)7)47-24-14-29(44)35(46)30(45)15-24)59-38-27-12-13-34(58-8)22(4)28(27)17-31(48-38)39-49-32(20-60-39)21(2)3/h12-15,17,20-21,23,25-26,33,36,47H,9-11,16,18-19H2,1-8H3,(H,50,53)(H,51,55)/t23-,25-,33+,36-,43-/m1/s1. The topological polar surface area (TPSA) is 169 Å². The number of hydrogen-bond donors (Lipinski definition) is 3. The van der Waals surface area contributed by atoms with Gasteiger partial charge in [0.25, 0.3) is 5.91 Å². The molecule has 0 bridgehead atoms. The third-order valence-electron chi connectivity index (χ3n) is 11.8. The first kappa shape index (κ1) is 44.1. The summed E-state index contributed by atoms with van der Waals surface area (Å²) >= 11 is 1.44. The minimum atomic E-state index is -3.94. The zero-order chi connectivity index (χ0) is 44.3. The van der Waals surface area contributed by atoms with Gasteiger partial charge in [0.2, 0.25) is 27.7 Å². The summed E-state index contributed by atoms with van der Waals surface area (Å²) in [5, 5.41) is 9.09. The first-order chi connectivity index (χ1) is 28.7. The maximum absolute atomic E-state index is 14.8. The van der Waals surface area contributed by atoms with Crippen LogP contribution in [0.25, 0.3) is 21.5 Å². The summed E-state index contributed by atoms with van der Waals surface area (Å²) in [5.41, 5.74) is -0.403. The van der Waals surface area contributed by atoms with Crippen molar-refractivity contribution in [1.29, 1.82) is 0 Å². The first-order valence-electron chi connectivity index (χ1n) is 20.4. The molecule has 3 amide bonds. The molecule has 2 aliphatic carbocycles. The van der Waals surface area contributed by atoms with E-state index in [2.05, 4.69) is 15.4 Å². The predicted molar refractivity (Wildman–Crippen MR) is 225 cm³/mol. The minimum Gasteiger partial charge on any atom is -0.496 e. The highest BCUT2D eigenvalue weighted by Gasteiger charge is 2.62. The number of sulfonamides is 1. The number of aromatic nitrogens is 2. The molecule has 3 N–H and O–H groups in total. The van der Waals surface area contributed by atoms with Crippen LogP contribution in [0.15, 0.2) is 35.7 Å². The van der Waals surface area contributed by atoms with Crippen molar-refractivity contribution in [1.82, 2.24) is 24.9 Å². The second-order valence-corrected chi connectivity index (χ2v) is 20.5. The van der Waals surface area contributed by atoms with Crippen LogP contribution in [0.2, 0.25) is 0 Å². The molecule has 5 atom stereocenters. The quantitative estimate of drug-likeness (QED) is 0.112. The number of nitrogens with zero attached hydrogens (tertiary/aromatic N) is 3. The molecule has 13 nitrogen and oxygen atoms in total. The van der Waals surface area contributed by atoms with Gasteiger partial charge in [0.15, 0.2) is 17.5 Å². The van der Waals surface area contributed by atoms with Gasteiger partial charge in [-0.15, -0.1) is 11.3 Å². The van der Waals surface area contributed by atoms with Gasteiger partial charge in [0, 0.05) is 35.0 Å². The molecule has 4 aromatic rings. The lowest BCUT2D eigenvalue weighted by molar-refractivity contribution is -0.141. The first-order valence-corrected chi connectivity index (χ1v) is 22.8. The number of aryl methyl sites for hydroxylation is 1. The van der Waals surface area contributed by atoms with E-state index >= 15 is 0 Å². The molecule has 2 aromatic heterocycles. The number of rotatable bonds is 14. The molecule has 2 saturated carbocycles. The number of ether oxygens (including phenoxy) is 2. The van der Waals surface area contributed by atoms with E-state index in [4.69, 9.17) is 19.4 Å². The zero-order valence-corrected chi connectivity index (χ0v) is 37.0. The Morgan fingerprint density at radius 3 is 2.31 bits per heavy atom. The Kier molecular flexibility index (Phi) is 11.8. The van der Waals surface area contributed by atoms with Crippen molar-refractivity contribution in [3.8, 4) is 22.3 Å². The average molecular weight is 885 g/mol. The van der Waals surface area contributed by atoms with Gasteiger partial charge in [-0.1, -0.05) is 48.0 Å². The van der Waals surface area contributed by atoms with Gasteiger partial charge >= 0.3 is 0 Å². The number of carbonyl (C=O) groups is 3. The largest absolute Gasteiger partial charge is 0.496 e. The Morgan fingerprint density at radius 2 is 1.74 bits per heavy atom. The van der Waals surface area contributed by atoms with E-state index in [1.54, 1.807) is 33.9 Å². The monoisotopic (exact) mass is 884 g/mol. The number of benzene rings is 2. The molecule has 61 heavy (non-hydrogen) atoms. The number of amides is 3. The van der Waals surface area contributed by atoms with Crippen molar-refractivity contribution in [2.75, 3.05) is 19.0 Å². The highest BCUT2D eigenvalue weighted by atomic mass is 32.2. The van der Waals surface area contributed by atoms with Gasteiger partial charge in [-0.3, -0.25) is 19.1 Å². The van der Waals surface area contributed by atoms with Crippen LogP contribution in [0.3, 0.4) is 0 Å². The van der Waals surface area contributed by atoms with Crippen LogP contribution >= 0.6 is 11.3 Å². The fourth-order valence-electron chi connectivity index (χ4n) is 7.96. The Bertz CT molecular complexity index is 2480. The van der Waals surface area contributed by atoms with Gasteiger partial charge in [0.1, 0.15) is 40.2 Å². The maximum atomic E-state index is 14.8. The fraction of sp³-hybridized carbons (Fsp3) is 0.512. The Hall–Kier alpha value is -4.97. The maximum Gasteiger partial charge on any atom is 0.259 e. The number of halogens is 3. The SMILES string of the molecule is CC[C@@H]1C[C@]1(NC(=O)[C@@H]1C[C@@H](Oc2nc(-c3nc(C(C)C)cs3)cc3c(C)c(OC)ccc23)CN1C(=O)[C@@H](Nc1cc(F)c(F)c(F)c1)C(C)(C)C)C(=O)NS(=O)(=O)C1CC1. The van der Waals surface area contributed by atoms with Gasteiger partial charge in [-0.2, -0.15) is 0 Å². The Morgan fingerprint density at radius 1 is 1.05 bits per heavy atom. The summed E-state index contributed by atoms with van der Waals surface area (Å²) < 4.78 is 82.9. The predicted octanol–water partition coefficient (Wildman–Crippen LogP) is 6.98. The molecule has 328 valence electrons.